The summed E-state index contributed by atoms with van der Waals surface area (Å²) in [5, 5.41) is 9.71. The molecule has 3 aliphatic rings. The number of nitrogens with zero attached hydrogens (tertiary/aromatic N) is 3. The maximum atomic E-state index is 13.5. The number of hydrogen-bond acceptors (Lipinski definition) is 5. The number of fused-ring (bicyclic) bond motifs is 1. The molecule has 3 aromatic rings. The highest BCUT2D eigenvalue weighted by molar-refractivity contribution is 7.89. The molecule has 0 aromatic heterocycles. The van der Waals surface area contributed by atoms with Crippen molar-refractivity contribution in [3.05, 3.63) is 78.6 Å². The highest BCUT2D eigenvalue weighted by atomic mass is 32.2. The summed E-state index contributed by atoms with van der Waals surface area (Å²) in [5.74, 6) is -1.17. The summed E-state index contributed by atoms with van der Waals surface area (Å²) in [6, 6.07) is 20.4. The molecular weight excluding hydrogens is 517 g/mol. The third kappa shape index (κ3) is 4.89. The molecule has 0 unspecified atom stereocenters. The van der Waals surface area contributed by atoms with Gasteiger partial charge in [-0.1, -0.05) is 30.7 Å². The number of piperazine rings is 1. The lowest BCUT2D eigenvalue weighted by molar-refractivity contribution is -0.141. The number of hydrogen-bond donors (Lipinski definition) is 1. The zero-order valence-electron chi connectivity index (χ0n) is 21.6. The van der Waals surface area contributed by atoms with Crippen molar-refractivity contribution < 1.29 is 22.7 Å². The standard InChI is InChI=1S/C30H32FN3O4S/c31-24-8-12-26(13-9-24)33-18-16-32(17-19-33)25-10-4-21(5-11-25)22-6-14-27(15-7-22)39(37,38)34-28-3-1-2-23(28)20-29(34)30(35)36/h4-15,23,28-29H,1-3,16-20H2,(H,35,36)/t23-,28-,29-/m1/s1. The van der Waals surface area contributed by atoms with E-state index in [0.29, 0.717) is 6.42 Å². The predicted molar refractivity (Wildman–Crippen MR) is 149 cm³/mol. The molecule has 3 aromatic carbocycles. The van der Waals surface area contributed by atoms with Gasteiger partial charge in [0.1, 0.15) is 11.9 Å². The molecule has 3 atom stereocenters. The Hall–Kier alpha value is -3.43. The molecule has 2 aliphatic heterocycles. The first-order chi connectivity index (χ1) is 18.8. The van der Waals surface area contributed by atoms with Crippen LogP contribution in [0.25, 0.3) is 11.1 Å². The zero-order valence-corrected chi connectivity index (χ0v) is 22.4. The van der Waals surface area contributed by atoms with Gasteiger partial charge in [-0.25, -0.2) is 12.8 Å². The number of benzene rings is 3. The molecule has 0 bridgehead atoms. The topological polar surface area (TPSA) is 81.2 Å². The van der Waals surface area contributed by atoms with E-state index in [1.54, 1.807) is 24.3 Å². The Kier molecular flexibility index (Phi) is 6.81. The molecule has 204 valence electrons. The van der Waals surface area contributed by atoms with Gasteiger partial charge in [0, 0.05) is 43.6 Å². The summed E-state index contributed by atoms with van der Waals surface area (Å²) >= 11 is 0. The first-order valence-electron chi connectivity index (χ1n) is 13.5. The molecule has 3 fully saturated rings. The second kappa shape index (κ2) is 10.3. The van der Waals surface area contributed by atoms with E-state index in [4.69, 9.17) is 0 Å². The second-order valence-corrected chi connectivity index (χ2v) is 12.5. The van der Waals surface area contributed by atoms with Gasteiger partial charge in [-0.15, -0.1) is 0 Å². The van der Waals surface area contributed by atoms with Crippen LogP contribution in [0.1, 0.15) is 25.7 Å². The van der Waals surface area contributed by atoms with Crippen molar-refractivity contribution in [2.45, 2.75) is 42.7 Å². The number of carboxylic acid groups (broad SMARTS) is 1. The minimum absolute atomic E-state index is 0.129. The summed E-state index contributed by atoms with van der Waals surface area (Å²) in [6.45, 7) is 3.42. The smallest absolute Gasteiger partial charge is 0.322 e. The molecule has 39 heavy (non-hydrogen) atoms. The Morgan fingerprint density at radius 1 is 0.769 bits per heavy atom. The summed E-state index contributed by atoms with van der Waals surface area (Å²) in [7, 11) is -3.91. The number of carboxylic acids is 1. The van der Waals surface area contributed by atoms with Crippen molar-refractivity contribution in [2.24, 2.45) is 5.92 Å². The molecule has 7 nitrogen and oxygen atoms in total. The van der Waals surface area contributed by atoms with Crippen LogP contribution in [0.2, 0.25) is 0 Å². The lowest BCUT2D eigenvalue weighted by Crippen LogP contribution is -2.46. The van der Waals surface area contributed by atoms with Crippen molar-refractivity contribution in [3.63, 3.8) is 0 Å². The van der Waals surface area contributed by atoms with Gasteiger partial charge >= 0.3 is 5.97 Å². The van der Waals surface area contributed by atoms with Gasteiger partial charge in [0.25, 0.3) is 0 Å². The van der Waals surface area contributed by atoms with Crippen LogP contribution < -0.4 is 9.80 Å². The van der Waals surface area contributed by atoms with E-state index in [9.17, 15) is 22.7 Å². The molecule has 0 amide bonds. The van der Waals surface area contributed by atoms with Gasteiger partial charge in [0.05, 0.1) is 4.90 Å². The molecule has 0 spiro atoms. The highest BCUT2D eigenvalue weighted by Gasteiger charge is 2.52. The second-order valence-electron chi connectivity index (χ2n) is 10.7. The van der Waals surface area contributed by atoms with E-state index < -0.39 is 22.0 Å². The number of sulfonamides is 1. The van der Waals surface area contributed by atoms with Crippen LogP contribution in [0.15, 0.2) is 77.7 Å². The molecule has 6 rings (SSSR count). The summed E-state index contributed by atoms with van der Waals surface area (Å²) in [4.78, 5) is 16.6. The lowest BCUT2D eigenvalue weighted by atomic mass is 10.0. The Labute approximate surface area is 228 Å². The van der Waals surface area contributed by atoms with Gasteiger partial charge in [0.15, 0.2) is 0 Å². The SMILES string of the molecule is O=C(O)[C@H]1C[C@H]2CCC[C@H]2N1S(=O)(=O)c1ccc(-c2ccc(N3CCN(c4ccc(F)cc4)CC3)cc2)cc1. The van der Waals surface area contributed by atoms with Crippen LogP contribution in [-0.2, 0) is 14.8 Å². The third-order valence-electron chi connectivity index (χ3n) is 8.53. The van der Waals surface area contributed by atoms with Gasteiger partial charge in [-0.05, 0) is 84.8 Å². The first kappa shape index (κ1) is 25.8. The maximum absolute atomic E-state index is 13.5. The normalized spacial score (nSPS) is 23.7. The third-order valence-corrected chi connectivity index (χ3v) is 10.5. The fourth-order valence-corrected chi connectivity index (χ4v) is 8.35. The Morgan fingerprint density at radius 2 is 1.28 bits per heavy atom. The van der Waals surface area contributed by atoms with Gasteiger partial charge in [0.2, 0.25) is 10.0 Å². The number of rotatable bonds is 6. The van der Waals surface area contributed by atoms with Crippen molar-refractivity contribution in [1.82, 2.24) is 4.31 Å². The van der Waals surface area contributed by atoms with E-state index in [2.05, 4.69) is 21.9 Å². The number of anilines is 2. The van der Waals surface area contributed by atoms with Gasteiger partial charge in [-0.2, -0.15) is 4.31 Å². The summed E-state index contributed by atoms with van der Waals surface area (Å²) in [5.41, 5.74) is 4.03. The molecule has 1 saturated carbocycles. The van der Waals surface area contributed by atoms with E-state index in [1.807, 2.05) is 24.3 Å². The van der Waals surface area contributed by atoms with E-state index >= 15 is 0 Å². The molecule has 0 radical (unpaired) electrons. The summed E-state index contributed by atoms with van der Waals surface area (Å²) < 4.78 is 41.6. The fraction of sp³-hybridized carbons (Fsp3) is 0.367. The summed E-state index contributed by atoms with van der Waals surface area (Å²) in [6.07, 6.45) is 2.94. The highest BCUT2D eigenvalue weighted by Crippen LogP contribution is 2.44. The van der Waals surface area contributed by atoms with Crippen LogP contribution in [0.3, 0.4) is 0 Å². The average molecular weight is 550 g/mol. The molecule has 2 saturated heterocycles. The van der Waals surface area contributed by atoms with E-state index in [1.165, 1.54) is 16.4 Å². The molecular formula is C30H32FN3O4S. The monoisotopic (exact) mass is 549 g/mol. The molecule has 2 heterocycles. The quantitative estimate of drug-likeness (QED) is 0.474. The zero-order chi connectivity index (χ0) is 27.1. The van der Waals surface area contributed by atoms with E-state index in [-0.39, 0.29) is 22.7 Å². The van der Waals surface area contributed by atoms with Crippen molar-refractivity contribution >= 4 is 27.4 Å². The van der Waals surface area contributed by atoms with Crippen molar-refractivity contribution in [3.8, 4) is 11.1 Å². The van der Waals surface area contributed by atoms with Crippen LogP contribution >= 0.6 is 0 Å². The largest absolute Gasteiger partial charge is 0.480 e. The number of aliphatic carboxylic acids is 1. The van der Waals surface area contributed by atoms with Crippen LogP contribution in [0.5, 0.6) is 0 Å². The predicted octanol–water partition coefficient (Wildman–Crippen LogP) is 4.84. The van der Waals surface area contributed by atoms with Crippen LogP contribution in [-0.4, -0.2) is 62.1 Å². The Balaban J connectivity index is 1.13. The van der Waals surface area contributed by atoms with Gasteiger partial charge in [-0.3, -0.25) is 4.79 Å². The molecule has 1 N–H and O–H groups in total. The Bertz CT molecular complexity index is 1440. The van der Waals surface area contributed by atoms with Crippen molar-refractivity contribution in [1.29, 1.82) is 0 Å². The average Bonchev–Trinajstić information content (AvgIpc) is 3.56. The van der Waals surface area contributed by atoms with Crippen LogP contribution in [0.4, 0.5) is 15.8 Å². The van der Waals surface area contributed by atoms with Gasteiger partial charge < -0.3 is 14.9 Å². The minimum atomic E-state index is -3.91. The lowest BCUT2D eigenvalue weighted by Gasteiger charge is -2.37. The number of carbonyl (C=O) groups is 1. The minimum Gasteiger partial charge on any atom is -0.480 e. The Morgan fingerprint density at radius 3 is 1.82 bits per heavy atom. The fourth-order valence-electron chi connectivity index (χ4n) is 6.48. The molecule has 9 heteroatoms. The maximum Gasteiger partial charge on any atom is 0.322 e. The van der Waals surface area contributed by atoms with Crippen LogP contribution in [0, 0.1) is 11.7 Å². The number of halogens is 1. The molecule has 1 aliphatic carbocycles. The van der Waals surface area contributed by atoms with E-state index in [0.717, 1.165) is 67.9 Å². The van der Waals surface area contributed by atoms with Crippen molar-refractivity contribution in [2.75, 3.05) is 36.0 Å². The first-order valence-corrected chi connectivity index (χ1v) is 15.0.